The third kappa shape index (κ3) is 3.84. The van der Waals surface area contributed by atoms with Gasteiger partial charge in [-0.15, -0.1) is 10.2 Å². The summed E-state index contributed by atoms with van der Waals surface area (Å²) < 4.78 is 0. The first-order valence-corrected chi connectivity index (χ1v) is 8.19. The van der Waals surface area contributed by atoms with Gasteiger partial charge in [0.15, 0.2) is 11.5 Å². The molecule has 2 aromatic carbocycles. The maximum atomic E-state index is 12.3. The molecule has 0 unspecified atom stereocenters. The Labute approximate surface area is 151 Å². The number of carbonyl (C=O) groups excluding carboxylic acids is 1. The Hall–Kier alpha value is -3.72. The van der Waals surface area contributed by atoms with Gasteiger partial charge >= 0.3 is 0 Å². The number of carbonyl (C=O) groups is 1. The number of anilines is 3. The predicted molar refractivity (Wildman–Crippen MR) is 100 cm³/mol. The summed E-state index contributed by atoms with van der Waals surface area (Å²) in [6.45, 7) is 2.76. The van der Waals surface area contributed by atoms with Crippen LogP contribution in [0.1, 0.15) is 23.0 Å². The topological polar surface area (TPSA) is 81.9 Å². The molecule has 0 saturated heterocycles. The minimum Gasteiger partial charge on any atom is -0.325 e. The molecule has 128 valence electrons. The van der Waals surface area contributed by atoms with Gasteiger partial charge in [-0.1, -0.05) is 18.2 Å². The summed E-state index contributed by atoms with van der Waals surface area (Å²) in [7, 11) is 0. The fourth-order valence-electron chi connectivity index (χ4n) is 2.50. The zero-order valence-electron chi connectivity index (χ0n) is 14.3. The van der Waals surface area contributed by atoms with Crippen molar-refractivity contribution in [1.29, 1.82) is 5.26 Å². The molecule has 0 radical (unpaired) electrons. The fraction of sp³-hybridized carbons (Fsp3) is 0.100. The van der Waals surface area contributed by atoms with Gasteiger partial charge in [0.25, 0.3) is 5.91 Å². The molecule has 26 heavy (non-hydrogen) atoms. The van der Waals surface area contributed by atoms with E-state index in [4.69, 9.17) is 5.26 Å². The van der Waals surface area contributed by atoms with Crippen LogP contribution in [-0.2, 0) is 0 Å². The van der Waals surface area contributed by atoms with Crippen molar-refractivity contribution in [2.75, 3.05) is 16.8 Å². The molecule has 0 saturated carbocycles. The highest BCUT2D eigenvalue weighted by atomic mass is 16.1. The standard InChI is InChI=1S/C20H17N5O/c1-2-25(17-6-4-3-5-7-17)19-13-12-18(23-24-19)20(26)22-16-10-8-15(14-21)9-11-16/h3-13H,2H2,1H3,(H,22,26). The molecule has 0 atom stereocenters. The van der Waals surface area contributed by atoms with Gasteiger partial charge in [-0.05, 0) is 55.5 Å². The smallest absolute Gasteiger partial charge is 0.276 e. The van der Waals surface area contributed by atoms with Crippen molar-refractivity contribution in [2.24, 2.45) is 0 Å². The van der Waals surface area contributed by atoms with E-state index >= 15 is 0 Å². The summed E-state index contributed by atoms with van der Waals surface area (Å²) in [5.41, 5.74) is 2.37. The van der Waals surface area contributed by atoms with Crippen LogP contribution in [0.3, 0.4) is 0 Å². The molecular weight excluding hydrogens is 326 g/mol. The predicted octanol–water partition coefficient (Wildman–Crippen LogP) is 3.76. The quantitative estimate of drug-likeness (QED) is 0.763. The molecule has 0 aliphatic carbocycles. The Balaban J connectivity index is 1.74. The molecule has 0 fully saturated rings. The number of aromatic nitrogens is 2. The summed E-state index contributed by atoms with van der Waals surface area (Å²) in [4.78, 5) is 14.3. The number of nitrogens with zero attached hydrogens (tertiary/aromatic N) is 4. The average molecular weight is 343 g/mol. The summed E-state index contributed by atoms with van der Waals surface area (Å²) in [5.74, 6) is 0.324. The average Bonchev–Trinajstić information content (AvgIpc) is 2.70. The minimum atomic E-state index is -0.350. The molecule has 1 aromatic heterocycles. The molecule has 3 rings (SSSR count). The second-order valence-electron chi connectivity index (χ2n) is 5.50. The molecule has 1 heterocycles. The Morgan fingerprint density at radius 1 is 1.04 bits per heavy atom. The van der Waals surface area contributed by atoms with Crippen LogP contribution >= 0.6 is 0 Å². The summed E-state index contributed by atoms with van der Waals surface area (Å²) in [6.07, 6.45) is 0. The number of rotatable bonds is 5. The molecule has 0 aliphatic rings. The highest BCUT2D eigenvalue weighted by Crippen LogP contribution is 2.22. The highest BCUT2D eigenvalue weighted by Gasteiger charge is 2.12. The SMILES string of the molecule is CCN(c1ccccc1)c1ccc(C(=O)Nc2ccc(C#N)cc2)nn1. The monoisotopic (exact) mass is 343 g/mol. The van der Waals surface area contributed by atoms with E-state index in [9.17, 15) is 4.79 Å². The van der Waals surface area contributed by atoms with Gasteiger partial charge in [0.05, 0.1) is 11.6 Å². The van der Waals surface area contributed by atoms with Gasteiger partial charge in [-0.3, -0.25) is 4.79 Å². The van der Waals surface area contributed by atoms with Crippen molar-refractivity contribution >= 4 is 23.1 Å². The lowest BCUT2D eigenvalue weighted by atomic mass is 10.2. The van der Waals surface area contributed by atoms with Crippen LogP contribution in [-0.4, -0.2) is 22.6 Å². The number of benzene rings is 2. The zero-order chi connectivity index (χ0) is 18.4. The van der Waals surface area contributed by atoms with Gasteiger partial charge < -0.3 is 10.2 Å². The van der Waals surface area contributed by atoms with Gasteiger partial charge in [0.1, 0.15) is 0 Å². The fourth-order valence-corrected chi connectivity index (χ4v) is 2.50. The largest absolute Gasteiger partial charge is 0.325 e. The second kappa shape index (κ2) is 7.90. The number of hydrogen-bond donors (Lipinski definition) is 1. The number of para-hydroxylation sites is 1. The van der Waals surface area contributed by atoms with Gasteiger partial charge in [-0.25, -0.2) is 0 Å². The van der Waals surface area contributed by atoms with Crippen LogP contribution in [0, 0.1) is 11.3 Å². The Morgan fingerprint density at radius 2 is 1.77 bits per heavy atom. The Bertz CT molecular complexity index is 915. The van der Waals surface area contributed by atoms with Crippen LogP contribution in [0.5, 0.6) is 0 Å². The van der Waals surface area contributed by atoms with Crippen LogP contribution in [0.15, 0.2) is 66.7 Å². The summed E-state index contributed by atoms with van der Waals surface area (Å²) >= 11 is 0. The van der Waals surface area contributed by atoms with Crippen molar-refractivity contribution in [2.45, 2.75) is 6.92 Å². The van der Waals surface area contributed by atoms with E-state index in [0.29, 0.717) is 17.1 Å². The minimum absolute atomic E-state index is 0.224. The third-order valence-corrected chi connectivity index (χ3v) is 3.82. The van der Waals surface area contributed by atoms with Crippen LogP contribution < -0.4 is 10.2 Å². The van der Waals surface area contributed by atoms with Gasteiger partial charge in [0.2, 0.25) is 0 Å². The molecule has 0 aliphatic heterocycles. The van der Waals surface area contributed by atoms with E-state index in [0.717, 1.165) is 12.2 Å². The molecule has 6 heteroatoms. The normalized spacial score (nSPS) is 10.0. The lowest BCUT2D eigenvalue weighted by Gasteiger charge is -2.21. The van der Waals surface area contributed by atoms with E-state index in [2.05, 4.69) is 15.5 Å². The molecule has 1 N–H and O–H groups in total. The zero-order valence-corrected chi connectivity index (χ0v) is 14.3. The summed E-state index contributed by atoms with van der Waals surface area (Å²) in [5, 5.41) is 19.8. The van der Waals surface area contributed by atoms with Crippen molar-refractivity contribution < 1.29 is 4.79 Å². The van der Waals surface area contributed by atoms with Crippen LogP contribution in [0.25, 0.3) is 0 Å². The van der Waals surface area contributed by atoms with Crippen LogP contribution in [0.2, 0.25) is 0 Å². The van der Waals surface area contributed by atoms with Gasteiger partial charge in [-0.2, -0.15) is 5.26 Å². The number of hydrogen-bond acceptors (Lipinski definition) is 5. The third-order valence-electron chi connectivity index (χ3n) is 3.82. The van der Waals surface area contributed by atoms with E-state index in [1.165, 1.54) is 0 Å². The van der Waals surface area contributed by atoms with E-state index in [1.807, 2.05) is 48.2 Å². The second-order valence-corrected chi connectivity index (χ2v) is 5.50. The Kier molecular flexibility index (Phi) is 5.20. The maximum Gasteiger partial charge on any atom is 0.276 e. The first-order chi connectivity index (χ1) is 12.7. The Morgan fingerprint density at radius 3 is 2.35 bits per heavy atom. The number of nitriles is 1. The van der Waals surface area contributed by atoms with E-state index in [1.54, 1.807) is 36.4 Å². The van der Waals surface area contributed by atoms with Crippen molar-refractivity contribution in [3.8, 4) is 6.07 Å². The number of nitrogens with one attached hydrogen (secondary N) is 1. The molecule has 0 bridgehead atoms. The molecule has 0 spiro atoms. The number of amides is 1. The van der Waals surface area contributed by atoms with Gasteiger partial charge in [0, 0.05) is 17.9 Å². The molecule has 3 aromatic rings. The lowest BCUT2D eigenvalue weighted by molar-refractivity contribution is 0.102. The van der Waals surface area contributed by atoms with Crippen LogP contribution in [0.4, 0.5) is 17.2 Å². The highest BCUT2D eigenvalue weighted by molar-refractivity contribution is 6.02. The molecule has 6 nitrogen and oxygen atoms in total. The first kappa shape index (κ1) is 17.1. The van der Waals surface area contributed by atoms with Crippen molar-refractivity contribution in [3.05, 3.63) is 78.0 Å². The first-order valence-electron chi connectivity index (χ1n) is 8.19. The maximum absolute atomic E-state index is 12.3. The summed E-state index contributed by atoms with van der Waals surface area (Å²) in [6, 6.07) is 22.0. The van der Waals surface area contributed by atoms with E-state index in [-0.39, 0.29) is 11.6 Å². The van der Waals surface area contributed by atoms with Crippen molar-refractivity contribution in [1.82, 2.24) is 10.2 Å². The molecular formula is C20H17N5O. The lowest BCUT2D eigenvalue weighted by Crippen LogP contribution is -2.19. The molecule has 1 amide bonds. The van der Waals surface area contributed by atoms with E-state index < -0.39 is 0 Å². The van der Waals surface area contributed by atoms with Crippen molar-refractivity contribution in [3.63, 3.8) is 0 Å².